The fraction of sp³-hybridized carbons (Fsp3) is 0.316. The Hall–Kier alpha value is -2.53. The molecule has 2 rings (SSSR count). The van der Waals surface area contributed by atoms with E-state index in [9.17, 15) is 4.79 Å². The minimum Gasteiger partial charge on any atom is -0.497 e. The number of carbonyl (C=O) groups excluding carboxylic acids is 1. The van der Waals surface area contributed by atoms with E-state index in [0.717, 1.165) is 17.9 Å². The average Bonchev–Trinajstić information content (AvgIpc) is 2.60. The first-order valence-corrected chi connectivity index (χ1v) is 7.97. The Balaban J connectivity index is 1.85. The lowest BCUT2D eigenvalue weighted by molar-refractivity contribution is 0.242. The zero-order chi connectivity index (χ0) is 17.4. The second-order valence-corrected chi connectivity index (χ2v) is 5.87. The van der Waals surface area contributed by atoms with Gasteiger partial charge in [-0.25, -0.2) is 4.79 Å². The molecule has 0 saturated carbocycles. The second kappa shape index (κ2) is 8.93. The molecular weight excluding hydrogens is 302 g/mol. The van der Waals surface area contributed by atoms with Crippen molar-refractivity contribution >= 4 is 11.7 Å². The molecule has 0 aromatic heterocycles. The van der Waals surface area contributed by atoms with Crippen molar-refractivity contribution in [3.63, 3.8) is 0 Å². The topological polar surface area (TPSA) is 53.6 Å². The highest BCUT2D eigenvalue weighted by molar-refractivity contribution is 5.89. The largest absolute Gasteiger partial charge is 0.497 e. The maximum Gasteiger partial charge on any atom is 0.319 e. The summed E-state index contributed by atoms with van der Waals surface area (Å²) < 4.78 is 5.10. The standard InChI is InChI=1S/C19H25N3O2/c1-22(2)17(13-15-7-5-4-6-8-15)14-20-19(23)21-16-9-11-18(24-3)12-10-16/h4-12,17H,13-14H2,1-3H3,(H2,20,21,23)/t17-/m0/s1. The third-order valence-electron chi connectivity index (χ3n) is 3.89. The molecule has 2 aromatic rings. The molecule has 128 valence electrons. The number of urea groups is 1. The number of carbonyl (C=O) groups is 1. The molecule has 0 aliphatic carbocycles. The molecule has 0 heterocycles. The van der Waals surface area contributed by atoms with Gasteiger partial charge in [-0.15, -0.1) is 0 Å². The van der Waals surface area contributed by atoms with E-state index in [1.165, 1.54) is 5.56 Å². The van der Waals surface area contributed by atoms with Crippen LogP contribution in [0.15, 0.2) is 54.6 Å². The van der Waals surface area contributed by atoms with E-state index in [-0.39, 0.29) is 12.1 Å². The number of benzene rings is 2. The zero-order valence-corrected chi connectivity index (χ0v) is 14.5. The van der Waals surface area contributed by atoms with Crippen molar-refractivity contribution in [3.05, 3.63) is 60.2 Å². The molecule has 0 aliphatic rings. The number of hydrogen-bond acceptors (Lipinski definition) is 3. The van der Waals surface area contributed by atoms with Crippen molar-refractivity contribution in [2.75, 3.05) is 33.1 Å². The van der Waals surface area contributed by atoms with E-state index in [0.29, 0.717) is 6.54 Å². The lowest BCUT2D eigenvalue weighted by atomic mass is 10.1. The summed E-state index contributed by atoms with van der Waals surface area (Å²) in [5.74, 6) is 0.761. The quantitative estimate of drug-likeness (QED) is 0.822. The molecule has 0 saturated heterocycles. The van der Waals surface area contributed by atoms with E-state index < -0.39 is 0 Å². The first kappa shape index (κ1) is 17.8. The van der Waals surface area contributed by atoms with E-state index in [4.69, 9.17) is 4.74 Å². The van der Waals surface area contributed by atoms with Crippen molar-refractivity contribution in [1.82, 2.24) is 10.2 Å². The SMILES string of the molecule is COc1ccc(NC(=O)NC[C@H](Cc2ccccc2)N(C)C)cc1. The fourth-order valence-electron chi connectivity index (χ4n) is 2.38. The summed E-state index contributed by atoms with van der Waals surface area (Å²) in [7, 11) is 5.66. The van der Waals surface area contributed by atoms with E-state index >= 15 is 0 Å². The first-order chi connectivity index (χ1) is 11.6. The predicted octanol–water partition coefficient (Wildman–Crippen LogP) is 2.99. The van der Waals surface area contributed by atoms with Crippen LogP contribution in [0.2, 0.25) is 0 Å². The van der Waals surface area contributed by atoms with Crippen molar-refractivity contribution in [2.45, 2.75) is 12.5 Å². The van der Waals surface area contributed by atoms with Gasteiger partial charge >= 0.3 is 6.03 Å². The summed E-state index contributed by atoms with van der Waals surface area (Å²) in [6.45, 7) is 0.573. The van der Waals surface area contributed by atoms with Crippen LogP contribution in [0.5, 0.6) is 5.75 Å². The molecule has 0 radical (unpaired) electrons. The second-order valence-electron chi connectivity index (χ2n) is 5.87. The van der Waals surface area contributed by atoms with Crippen LogP contribution in [-0.4, -0.2) is 44.7 Å². The number of likely N-dealkylation sites (N-methyl/N-ethyl adjacent to an activating group) is 1. The summed E-state index contributed by atoms with van der Waals surface area (Å²) in [6.07, 6.45) is 0.886. The fourth-order valence-corrected chi connectivity index (χ4v) is 2.38. The maximum absolute atomic E-state index is 12.1. The summed E-state index contributed by atoms with van der Waals surface area (Å²) in [4.78, 5) is 14.2. The maximum atomic E-state index is 12.1. The van der Waals surface area contributed by atoms with Crippen LogP contribution < -0.4 is 15.4 Å². The van der Waals surface area contributed by atoms with Gasteiger partial charge in [0.15, 0.2) is 0 Å². The number of methoxy groups -OCH3 is 1. The molecule has 0 fully saturated rings. The first-order valence-electron chi connectivity index (χ1n) is 7.97. The third-order valence-corrected chi connectivity index (χ3v) is 3.89. The van der Waals surface area contributed by atoms with E-state index in [1.807, 2.05) is 56.6 Å². The van der Waals surface area contributed by atoms with Crippen molar-refractivity contribution in [3.8, 4) is 5.75 Å². The Bertz CT molecular complexity index is 627. The minimum absolute atomic E-state index is 0.208. The van der Waals surface area contributed by atoms with Crippen LogP contribution in [0.25, 0.3) is 0 Å². The van der Waals surface area contributed by atoms with Crippen molar-refractivity contribution in [1.29, 1.82) is 0 Å². The normalized spacial score (nSPS) is 11.8. The van der Waals surface area contributed by atoms with Gasteiger partial charge < -0.3 is 20.3 Å². The smallest absolute Gasteiger partial charge is 0.319 e. The van der Waals surface area contributed by atoms with Crippen LogP contribution in [0.3, 0.4) is 0 Å². The number of ether oxygens (including phenoxy) is 1. The molecule has 2 aromatic carbocycles. The van der Waals surface area contributed by atoms with Gasteiger partial charge in [0.2, 0.25) is 0 Å². The monoisotopic (exact) mass is 327 g/mol. The highest BCUT2D eigenvalue weighted by atomic mass is 16.5. The van der Waals surface area contributed by atoms with Gasteiger partial charge in [0.05, 0.1) is 7.11 Å². The van der Waals surface area contributed by atoms with Crippen molar-refractivity contribution in [2.24, 2.45) is 0 Å². The Labute approximate surface area is 143 Å². The molecule has 1 atom stereocenters. The van der Waals surface area contributed by atoms with Gasteiger partial charge in [-0.1, -0.05) is 30.3 Å². The number of hydrogen-bond donors (Lipinski definition) is 2. The summed E-state index contributed by atoms with van der Waals surface area (Å²) >= 11 is 0. The van der Waals surface area contributed by atoms with Crippen molar-refractivity contribution < 1.29 is 9.53 Å². The molecule has 0 unspecified atom stereocenters. The lowest BCUT2D eigenvalue weighted by Gasteiger charge is -2.25. The molecule has 0 spiro atoms. The highest BCUT2D eigenvalue weighted by Crippen LogP contribution is 2.14. The number of anilines is 1. The molecule has 5 heteroatoms. The van der Waals surface area contributed by atoms with Crippen LogP contribution >= 0.6 is 0 Å². The molecule has 2 amide bonds. The van der Waals surface area contributed by atoms with Gasteiger partial charge in [-0.05, 0) is 50.3 Å². The van der Waals surface area contributed by atoms with Crippen LogP contribution in [0.1, 0.15) is 5.56 Å². The molecule has 2 N–H and O–H groups in total. The summed E-state index contributed by atoms with van der Waals surface area (Å²) in [5, 5.41) is 5.77. The Morgan fingerprint density at radius 2 is 1.75 bits per heavy atom. The van der Waals surface area contributed by atoms with Crippen LogP contribution in [0.4, 0.5) is 10.5 Å². The predicted molar refractivity (Wildman–Crippen MR) is 97.6 cm³/mol. The highest BCUT2D eigenvalue weighted by Gasteiger charge is 2.13. The Morgan fingerprint density at radius 1 is 1.08 bits per heavy atom. The van der Waals surface area contributed by atoms with Gasteiger partial charge in [-0.3, -0.25) is 0 Å². The average molecular weight is 327 g/mol. The molecule has 0 bridgehead atoms. The molecule has 5 nitrogen and oxygen atoms in total. The third kappa shape index (κ3) is 5.59. The number of nitrogens with one attached hydrogen (secondary N) is 2. The Kier molecular flexibility index (Phi) is 6.63. The van der Waals surface area contributed by atoms with E-state index in [2.05, 4.69) is 27.7 Å². The van der Waals surface area contributed by atoms with Gasteiger partial charge in [-0.2, -0.15) is 0 Å². The zero-order valence-electron chi connectivity index (χ0n) is 14.5. The number of rotatable bonds is 7. The van der Waals surface area contributed by atoms with Gasteiger partial charge in [0.25, 0.3) is 0 Å². The summed E-state index contributed by atoms with van der Waals surface area (Å²) in [5.41, 5.74) is 1.99. The molecular formula is C19H25N3O2. The van der Waals surface area contributed by atoms with Gasteiger partial charge in [0.1, 0.15) is 5.75 Å². The summed E-state index contributed by atoms with van der Waals surface area (Å²) in [6, 6.07) is 17.6. The van der Waals surface area contributed by atoms with Gasteiger partial charge in [0, 0.05) is 18.3 Å². The number of nitrogens with zero attached hydrogens (tertiary/aromatic N) is 1. The molecule has 24 heavy (non-hydrogen) atoms. The van der Waals surface area contributed by atoms with E-state index in [1.54, 1.807) is 7.11 Å². The lowest BCUT2D eigenvalue weighted by Crippen LogP contribution is -2.43. The van der Waals surface area contributed by atoms with Crippen LogP contribution in [0, 0.1) is 0 Å². The Morgan fingerprint density at radius 3 is 2.33 bits per heavy atom. The number of amides is 2. The molecule has 0 aliphatic heterocycles. The minimum atomic E-state index is -0.208. The van der Waals surface area contributed by atoms with Crippen LogP contribution in [-0.2, 0) is 6.42 Å².